The first-order chi connectivity index (χ1) is 28.0. The summed E-state index contributed by atoms with van der Waals surface area (Å²) in [6, 6.07) is 58.2. The van der Waals surface area contributed by atoms with E-state index >= 15 is 0 Å². The molecule has 1 aliphatic carbocycles. The molecule has 57 heavy (non-hydrogen) atoms. The Balaban J connectivity index is 0.000000220. The van der Waals surface area contributed by atoms with E-state index in [4.69, 9.17) is 0 Å². The van der Waals surface area contributed by atoms with E-state index in [0.29, 0.717) is 0 Å². The average molecular weight is 739 g/mol. The molecule has 0 amide bonds. The van der Waals surface area contributed by atoms with Gasteiger partial charge in [0.1, 0.15) is 0 Å². The van der Waals surface area contributed by atoms with Crippen LogP contribution < -0.4 is 0 Å². The van der Waals surface area contributed by atoms with E-state index in [1.807, 2.05) is 45.1 Å². The molecule has 0 nitrogen and oxygen atoms in total. The minimum atomic E-state index is -0.376. The predicted molar refractivity (Wildman–Crippen MR) is 255 cm³/mol. The molecule has 0 saturated heterocycles. The summed E-state index contributed by atoms with van der Waals surface area (Å²) in [6.07, 6.45) is 14.9. The van der Waals surface area contributed by atoms with Crippen molar-refractivity contribution in [3.63, 3.8) is 0 Å². The number of rotatable bonds is 8. The van der Waals surface area contributed by atoms with E-state index in [-0.39, 0.29) is 5.41 Å². The standard InChI is InChI=1S/C31H25B.C23H24.C2H6/c1-32-23-22-26(21-20-24-12-4-2-5-13-24)31(25-14-6-3-7-15-25)29-18-10-8-16-27(29)28-17-9-11-19-30(28)31;1-5-6-10-13-18(2)22-17-16-21-15-12-9-7-8-11-14-19(3)23(21)20(22)4;1-2/h2-23H,1H3;5-17H,2H2,1,3-4H3;1-2H3/b21-20-,26-22+;6-5-,8-7?,9-7?,11-8?,12-9?,13-10-,14-11?,15-12?,19-14?,21-15?,23-19?;. The molecular formula is C56H55B. The molecule has 0 aliphatic heterocycles. The predicted octanol–water partition coefficient (Wildman–Crippen LogP) is 14.9. The average Bonchev–Trinajstić information content (AvgIpc) is 3.56. The van der Waals surface area contributed by atoms with Crippen molar-refractivity contribution in [3.8, 4) is 11.1 Å². The quantitative estimate of drug-likeness (QED) is 0.108. The van der Waals surface area contributed by atoms with Crippen molar-refractivity contribution >= 4 is 35.3 Å². The molecule has 1 aliphatic rings. The second kappa shape index (κ2) is 21.1. The molecule has 0 bridgehead atoms. The van der Waals surface area contributed by atoms with Gasteiger partial charge in [0.05, 0.1) is 0 Å². The normalized spacial score (nSPS) is 12.6. The van der Waals surface area contributed by atoms with E-state index in [0.717, 1.165) is 5.57 Å². The smallest absolute Gasteiger partial charge is 0.0683 e. The van der Waals surface area contributed by atoms with Crippen LogP contribution >= 0.6 is 0 Å². The Bertz CT molecular complexity index is 2430. The van der Waals surface area contributed by atoms with Gasteiger partial charge in [-0.05, 0) is 53.8 Å². The van der Waals surface area contributed by atoms with Gasteiger partial charge in [0, 0.05) is 0 Å². The molecule has 0 aromatic heterocycles. The van der Waals surface area contributed by atoms with Crippen LogP contribution in [0.2, 0.25) is 6.82 Å². The van der Waals surface area contributed by atoms with Gasteiger partial charge in [0.2, 0.25) is 0 Å². The summed E-state index contributed by atoms with van der Waals surface area (Å²) >= 11 is 0. The SMILES string of the molecule is C=C(/C=C\C=C/C)c1ccc2cccccccc(C)c2c1C.CB=C/C=C(\C=C/c1ccccc1)C1(c2ccccc2)c2ccccc2-c2ccccc21.CC. The van der Waals surface area contributed by atoms with Crippen LogP contribution in [0, 0.1) is 13.8 Å². The molecule has 0 radical (unpaired) electrons. The number of benzene rings is 5. The molecule has 6 aromatic carbocycles. The van der Waals surface area contributed by atoms with Crippen molar-refractivity contribution in [2.45, 2.75) is 46.9 Å². The molecule has 0 saturated carbocycles. The zero-order chi connectivity index (χ0) is 40.5. The van der Waals surface area contributed by atoms with Crippen LogP contribution in [-0.2, 0) is 5.41 Å². The second-order valence-electron chi connectivity index (χ2n) is 13.7. The monoisotopic (exact) mass is 738 g/mol. The Kier molecular flexibility index (Phi) is 15.5. The first-order valence-electron chi connectivity index (χ1n) is 20.1. The van der Waals surface area contributed by atoms with Gasteiger partial charge in [-0.2, -0.15) is 0 Å². The molecular weight excluding hydrogens is 683 g/mol. The van der Waals surface area contributed by atoms with Crippen molar-refractivity contribution in [1.82, 2.24) is 0 Å². The van der Waals surface area contributed by atoms with Crippen molar-refractivity contribution in [3.05, 3.63) is 251 Å². The molecule has 0 heterocycles. The topological polar surface area (TPSA) is 0 Å². The van der Waals surface area contributed by atoms with Crippen molar-refractivity contribution in [1.29, 1.82) is 0 Å². The van der Waals surface area contributed by atoms with E-state index < -0.39 is 0 Å². The van der Waals surface area contributed by atoms with Gasteiger partial charge in [0.25, 0.3) is 0 Å². The summed E-state index contributed by atoms with van der Waals surface area (Å²) in [7, 11) is 0. The first kappa shape index (κ1) is 41.8. The van der Waals surface area contributed by atoms with Crippen LogP contribution in [0.1, 0.15) is 59.7 Å². The van der Waals surface area contributed by atoms with Crippen molar-refractivity contribution < 1.29 is 0 Å². The maximum absolute atomic E-state index is 4.22. The number of fused-ring (bicyclic) bond motifs is 4. The van der Waals surface area contributed by atoms with Gasteiger partial charge in [-0.15, -0.1) is 0 Å². The Morgan fingerprint density at radius 3 is 1.77 bits per heavy atom. The van der Waals surface area contributed by atoms with E-state index in [2.05, 4.69) is 222 Å². The van der Waals surface area contributed by atoms with Crippen LogP contribution in [0.5, 0.6) is 0 Å². The van der Waals surface area contributed by atoms with Crippen LogP contribution in [0.3, 0.4) is 0 Å². The zero-order valence-corrected chi connectivity index (χ0v) is 34.5. The number of hydrogen-bond acceptors (Lipinski definition) is 0. The third kappa shape index (κ3) is 9.57. The summed E-state index contributed by atoms with van der Waals surface area (Å²) in [4.78, 5) is 0. The summed E-state index contributed by atoms with van der Waals surface area (Å²) in [5.41, 5.74) is 13.4. The Morgan fingerprint density at radius 2 is 1.14 bits per heavy atom. The van der Waals surface area contributed by atoms with Crippen molar-refractivity contribution in [2.75, 3.05) is 0 Å². The number of allylic oxidation sites excluding steroid dienone is 8. The molecule has 0 unspecified atom stereocenters. The molecule has 0 atom stereocenters. The fourth-order valence-corrected chi connectivity index (χ4v) is 7.72. The largest absolute Gasteiger partial charge is 0.0683 e. The minimum Gasteiger partial charge on any atom is -0.0683 e. The van der Waals surface area contributed by atoms with Crippen LogP contribution in [0.25, 0.3) is 33.5 Å². The summed E-state index contributed by atoms with van der Waals surface area (Å²) < 4.78 is 0. The van der Waals surface area contributed by atoms with Gasteiger partial charge in [0.15, 0.2) is 0 Å². The van der Waals surface area contributed by atoms with Crippen LogP contribution in [-0.4, -0.2) is 12.9 Å². The maximum atomic E-state index is 4.22. The number of aryl methyl sites for hydroxylation is 2. The van der Waals surface area contributed by atoms with Gasteiger partial charge in [-0.1, -0.05) is 99.3 Å². The molecule has 282 valence electrons. The third-order valence-corrected chi connectivity index (χ3v) is 10.2. The second-order valence-corrected chi connectivity index (χ2v) is 13.7. The molecule has 6 aromatic rings. The van der Waals surface area contributed by atoms with Gasteiger partial charge in [-0.3, -0.25) is 0 Å². The molecule has 0 fully saturated rings. The Hall–Kier alpha value is -6.31. The third-order valence-electron chi connectivity index (χ3n) is 10.2. The van der Waals surface area contributed by atoms with Crippen molar-refractivity contribution in [2.24, 2.45) is 0 Å². The van der Waals surface area contributed by atoms with Gasteiger partial charge < -0.3 is 0 Å². The Labute approximate surface area is 343 Å². The summed E-state index contributed by atoms with van der Waals surface area (Å²) in [5.74, 6) is 2.15. The maximum Gasteiger partial charge on any atom is -0.0683 e. The van der Waals surface area contributed by atoms with E-state index in [1.54, 1.807) is 0 Å². The Morgan fingerprint density at radius 1 is 0.596 bits per heavy atom. The zero-order valence-electron chi connectivity index (χ0n) is 34.5. The first-order valence-corrected chi connectivity index (χ1v) is 20.1. The molecule has 7 rings (SSSR count). The van der Waals surface area contributed by atoms with Gasteiger partial charge >= 0.3 is 192 Å². The van der Waals surface area contributed by atoms with Gasteiger partial charge in [-0.25, -0.2) is 0 Å². The fraction of sp³-hybridized carbons (Fsp3) is 0.125. The molecule has 0 spiro atoms. The molecule has 1 heteroatoms. The van der Waals surface area contributed by atoms with Crippen LogP contribution in [0.4, 0.5) is 0 Å². The fourth-order valence-electron chi connectivity index (χ4n) is 7.72. The number of hydrogen-bond donors (Lipinski definition) is 0. The minimum absolute atomic E-state index is 0.376. The van der Waals surface area contributed by atoms with E-state index in [9.17, 15) is 0 Å². The van der Waals surface area contributed by atoms with Crippen LogP contribution in [0.15, 0.2) is 212 Å². The summed E-state index contributed by atoms with van der Waals surface area (Å²) in [5, 5.41) is 2.53. The van der Waals surface area contributed by atoms with E-state index in [1.165, 1.54) is 66.4 Å². The summed E-state index contributed by atoms with van der Waals surface area (Å²) in [6.45, 7) is 18.7. The molecule has 0 N–H and O–H groups in total.